The lowest BCUT2D eigenvalue weighted by Gasteiger charge is -2.25. The van der Waals surface area contributed by atoms with Gasteiger partial charge in [-0.05, 0) is 12.8 Å². The maximum Gasteiger partial charge on any atom is 0.212 e. The van der Waals surface area contributed by atoms with Crippen LogP contribution in [0.3, 0.4) is 0 Å². The van der Waals surface area contributed by atoms with Crippen LogP contribution in [-0.4, -0.2) is 17.5 Å². The van der Waals surface area contributed by atoms with Crippen LogP contribution >= 0.6 is 0 Å². The molecule has 1 saturated heterocycles. The SMILES string of the molecule is O=C1CCCCCN1[O-]. The normalized spacial score (nSPS) is 21.9. The molecule has 0 radical (unpaired) electrons. The molecule has 1 amide bonds. The lowest BCUT2D eigenvalue weighted by atomic mass is 10.2. The summed E-state index contributed by atoms with van der Waals surface area (Å²) in [6.45, 7) is 0.402. The fraction of sp³-hybridized carbons (Fsp3) is 0.833. The van der Waals surface area contributed by atoms with Crippen molar-refractivity contribution in [3.63, 3.8) is 0 Å². The summed E-state index contributed by atoms with van der Waals surface area (Å²) in [5, 5.41) is 11.2. The van der Waals surface area contributed by atoms with E-state index in [1.54, 1.807) is 0 Å². The van der Waals surface area contributed by atoms with Crippen LogP contribution < -0.4 is 0 Å². The van der Waals surface area contributed by atoms with E-state index in [9.17, 15) is 10.0 Å². The largest absolute Gasteiger partial charge is 0.756 e. The monoisotopic (exact) mass is 128 g/mol. The minimum Gasteiger partial charge on any atom is -0.756 e. The maximum atomic E-state index is 10.6. The molecule has 0 unspecified atom stereocenters. The lowest BCUT2D eigenvalue weighted by Crippen LogP contribution is -2.23. The van der Waals surface area contributed by atoms with E-state index in [0.717, 1.165) is 19.3 Å². The first kappa shape index (κ1) is 6.55. The molecule has 0 bridgehead atoms. The third kappa shape index (κ3) is 1.68. The third-order valence-corrected chi connectivity index (χ3v) is 1.53. The van der Waals surface area contributed by atoms with Gasteiger partial charge in [-0.1, -0.05) is 6.42 Å². The van der Waals surface area contributed by atoms with Gasteiger partial charge in [0.15, 0.2) is 0 Å². The molecule has 0 aliphatic carbocycles. The fourth-order valence-corrected chi connectivity index (χ4v) is 0.958. The van der Waals surface area contributed by atoms with Gasteiger partial charge in [0, 0.05) is 13.0 Å². The summed E-state index contributed by atoms with van der Waals surface area (Å²) in [6, 6.07) is 0. The number of rotatable bonds is 0. The van der Waals surface area contributed by atoms with Crippen LogP contribution in [0.5, 0.6) is 0 Å². The number of amides is 1. The summed E-state index contributed by atoms with van der Waals surface area (Å²) in [6.07, 6.45) is 3.22. The van der Waals surface area contributed by atoms with Gasteiger partial charge in [0.25, 0.3) is 0 Å². The highest BCUT2D eigenvalue weighted by atomic mass is 16.5. The number of nitrogens with zero attached hydrogens (tertiary/aromatic N) is 1. The average molecular weight is 128 g/mol. The van der Waals surface area contributed by atoms with E-state index < -0.39 is 0 Å². The predicted molar refractivity (Wildman–Crippen MR) is 33.5 cm³/mol. The van der Waals surface area contributed by atoms with Gasteiger partial charge in [-0.15, -0.1) is 0 Å². The van der Waals surface area contributed by atoms with Gasteiger partial charge < -0.3 is 10.3 Å². The van der Waals surface area contributed by atoms with Crippen molar-refractivity contribution in [1.82, 2.24) is 5.06 Å². The van der Waals surface area contributed by atoms with Crippen molar-refractivity contribution in [2.45, 2.75) is 25.7 Å². The molecule has 1 aliphatic heterocycles. The van der Waals surface area contributed by atoms with Gasteiger partial charge in [0.2, 0.25) is 5.91 Å². The molecule has 52 valence electrons. The van der Waals surface area contributed by atoms with E-state index in [1.807, 2.05) is 0 Å². The Labute approximate surface area is 54.2 Å². The number of hydrogen-bond donors (Lipinski definition) is 0. The minimum atomic E-state index is -0.243. The van der Waals surface area contributed by atoms with Gasteiger partial charge in [0.1, 0.15) is 0 Å². The van der Waals surface area contributed by atoms with Gasteiger partial charge in [0.05, 0.1) is 0 Å². The fourth-order valence-electron chi connectivity index (χ4n) is 0.958. The third-order valence-electron chi connectivity index (χ3n) is 1.53. The van der Waals surface area contributed by atoms with Crippen LogP contribution in [0, 0.1) is 5.21 Å². The molecular weight excluding hydrogens is 118 g/mol. The number of carbonyl (C=O) groups is 1. The molecular formula is C6H10NO2-. The van der Waals surface area contributed by atoms with Gasteiger partial charge >= 0.3 is 0 Å². The first-order valence-electron chi connectivity index (χ1n) is 3.28. The highest BCUT2D eigenvalue weighted by molar-refractivity contribution is 5.76. The zero-order valence-corrected chi connectivity index (χ0v) is 5.30. The van der Waals surface area contributed by atoms with E-state index in [2.05, 4.69) is 0 Å². The second kappa shape index (κ2) is 2.82. The quantitative estimate of drug-likeness (QED) is 0.486. The summed E-state index contributed by atoms with van der Waals surface area (Å²) in [5.74, 6) is -0.243. The van der Waals surface area contributed by atoms with Crippen LogP contribution in [0.4, 0.5) is 0 Å². The highest BCUT2D eigenvalue weighted by Crippen LogP contribution is 2.08. The molecule has 0 aromatic rings. The average Bonchev–Trinajstić information content (AvgIpc) is 1.99. The lowest BCUT2D eigenvalue weighted by molar-refractivity contribution is -0.128. The Hall–Kier alpha value is -0.570. The summed E-state index contributed by atoms with van der Waals surface area (Å²) in [7, 11) is 0. The molecule has 0 aromatic carbocycles. The van der Waals surface area contributed by atoms with E-state index >= 15 is 0 Å². The van der Waals surface area contributed by atoms with E-state index in [4.69, 9.17) is 0 Å². The molecule has 3 nitrogen and oxygen atoms in total. The topological polar surface area (TPSA) is 43.4 Å². The number of carbonyl (C=O) groups excluding carboxylic acids is 1. The highest BCUT2D eigenvalue weighted by Gasteiger charge is 2.06. The second-order valence-corrected chi connectivity index (χ2v) is 2.31. The van der Waals surface area contributed by atoms with Gasteiger partial charge in [-0.25, -0.2) is 0 Å². The van der Waals surface area contributed by atoms with Crippen molar-refractivity contribution in [2.75, 3.05) is 6.54 Å². The molecule has 0 saturated carbocycles. The Morgan fingerprint density at radius 3 is 2.89 bits per heavy atom. The summed E-state index contributed by atoms with van der Waals surface area (Å²) in [5.41, 5.74) is 0. The van der Waals surface area contributed by atoms with Crippen LogP contribution in [0.25, 0.3) is 0 Å². The maximum absolute atomic E-state index is 10.6. The standard InChI is InChI=1S/C6H10NO2/c8-6-4-2-1-3-5-7(6)9/h1-5H2/q-1. The molecule has 1 rings (SSSR count). The minimum absolute atomic E-state index is 0.243. The molecule has 0 N–H and O–H groups in total. The first-order chi connectivity index (χ1) is 4.30. The van der Waals surface area contributed by atoms with Crippen LogP contribution in [0.2, 0.25) is 0 Å². The zero-order chi connectivity index (χ0) is 6.69. The molecule has 1 heterocycles. The Balaban J connectivity index is 2.41. The van der Waals surface area contributed by atoms with Gasteiger partial charge in [-0.2, -0.15) is 0 Å². The predicted octanol–water partition coefficient (Wildman–Crippen LogP) is 0.887. The smallest absolute Gasteiger partial charge is 0.212 e. The molecule has 0 spiro atoms. The molecule has 1 aliphatic rings. The first-order valence-corrected chi connectivity index (χ1v) is 3.28. The van der Waals surface area contributed by atoms with Crippen molar-refractivity contribution >= 4 is 5.91 Å². The Morgan fingerprint density at radius 1 is 1.33 bits per heavy atom. The van der Waals surface area contributed by atoms with Crippen molar-refractivity contribution in [2.24, 2.45) is 0 Å². The van der Waals surface area contributed by atoms with Crippen molar-refractivity contribution in [1.29, 1.82) is 0 Å². The van der Waals surface area contributed by atoms with E-state index in [0.29, 0.717) is 18.0 Å². The van der Waals surface area contributed by atoms with Crippen molar-refractivity contribution in [3.8, 4) is 0 Å². The molecule has 3 heteroatoms. The number of hydrogen-bond acceptors (Lipinski definition) is 2. The molecule has 9 heavy (non-hydrogen) atoms. The zero-order valence-electron chi connectivity index (χ0n) is 5.30. The summed E-state index contributed by atoms with van der Waals surface area (Å²) in [4.78, 5) is 10.6. The van der Waals surface area contributed by atoms with Crippen LogP contribution in [-0.2, 0) is 4.79 Å². The Kier molecular flexibility index (Phi) is 2.05. The van der Waals surface area contributed by atoms with Gasteiger partial charge in [-0.3, -0.25) is 4.79 Å². The van der Waals surface area contributed by atoms with E-state index in [-0.39, 0.29) is 5.91 Å². The second-order valence-electron chi connectivity index (χ2n) is 2.31. The Morgan fingerprint density at radius 2 is 2.11 bits per heavy atom. The van der Waals surface area contributed by atoms with Crippen LogP contribution in [0.15, 0.2) is 0 Å². The summed E-state index contributed by atoms with van der Waals surface area (Å²) < 4.78 is 0. The molecule has 0 atom stereocenters. The van der Waals surface area contributed by atoms with Crippen LogP contribution in [0.1, 0.15) is 25.7 Å². The number of hydroxylamine groups is 2. The molecule has 0 aromatic heterocycles. The summed E-state index contributed by atoms with van der Waals surface area (Å²) >= 11 is 0. The van der Waals surface area contributed by atoms with Crippen molar-refractivity contribution in [3.05, 3.63) is 5.21 Å². The van der Waals surface area contributed by atoms with Crippen molar-refractivity contribution < 1.29 is 4.79 Å². The van der Waals surface area contributed by atoms with E-state index in [1.165, 1.54) is 0 Å². The molecule has 1 fully saturated rings. The Bertz CT molecular complexity index is 114.